The van der Waals surface area contributed by atoms with E-state index in [1.165, 1.54) is 0 Å². The van der Waals surface area contributed by atoms with Crippen molar-refractivity contribution in [1.82, 2.24) is 0 Å². The lowest BCUT2D eigenvalue weighted by Crippen LogP contribution is -2.06. The van der Waals surface area contributed by atoms with Crippen LogP contribution in [0.1, 0.15) is 26.3 Å². The van der Waals surface area contributed by atoms with Gasteiger partial charge in [-0.25, -0.2) is 4.39 Å². The third-order valence-electron chi connectivity index (χ3n) is 1.88. The summed E-state index contributed by atoms with van der Waals surface area (Å²) in [5.41, 5.74) is 0.425. The summed E-state index contributed by atoms with van der Waals surface area (Å²) in [5.74, 6) is -0.122. The maximum atomic E-state index is 13.8. The van der Waals surface area contributed by atoms with Crippen LogP contribution in [0.15, 0.2) is 36.2 Å². The Balaban J connectivity index is 3.12. The third-order valence-corrected chi connectivity index (χ3v) is 2.68. The van der Waals surface area contributed by atoms with Crippen LogP contribution in [0.3, 0.4) is 0 Å². The first-order chi connectivity index (χ1) is 6.43. The molecule has 0 heterocycles. The highest BCUT2D eigenvalue weighted by atomic mass is 79.9. The maximum absolute atomic E-state index is 13.8. The van der Waals surface area contributed by atoms with Crippen LogP contribution in [-0.4, -0.2) is 0 Å². The molecule has 0 aliphatic heterocycles. The van der Waals surface area contributed by atoms with Crippen molar-refractivity contribution in [2.45, 2.75) is 20.8 Å². The first-order valence-electron chi connectivity index (χ1n) is 4.54. The van der Waals surface area contributed by atoms with E-state index in [9.17, 15) is 4.39 Å². The summed E-state index contributed by atoms with van der Waals surface area (Å²) >= 11 is 3.29. The van der Waals surface area contributed by atoms with Gasteiger partial charge in [-0.2, -0.15) is 0 Å². The van der Waals surface area contributed by atoms with E-state index in [2.05, 4.69) is 15.9 Å². The first kappa shape index (κ1) is 11.4. The molecule has 0 aliphatic carbocycles. The molecule has 0 saturated heterocycles. The van der Waals surface area contributed by atoms with E-state index >= 15 is 0 Å². The second kappa shape index (κ2) is 4.26. The van der Waals surface area contributed by atoms with Gasteiger partial charge in [-0.1, -0.05) is 51.1 Å². The molecule has 0 nitrogen and oxygen atoms in total. The van der Waals surface area contributed by atoms with Crippen molar-refractivity contribution in [3.63, 3.8) is 0 Å². The molecule has 0 atom stereocenters. The van der Waals surface area contributed by atoms with Crippen molar-refractivity contribution in [3.8, 4) is 0 Å². The van der Waals surface area contributed by atoms with Crippen LogP contribution in [-0.2, 0) is 0 Å². The zero-order valence-corrected chi connectivity index (χ0v) is 10.2. The summed E-state index contributed by atoms with van der Waals surface area (Å²) in [6.07, 6.45) is 0. The highest BCUT2D eigenvalue weighted by Crippen LogP contribution is 2.36. The van der Waals surface area contributed by atoms with Gasteiger partial charge in [-0.05, 0) is 21.5 Å². The van der Waals surface area contributed by atoms with Crippen LogP contribution in [0.2, 0.25) is 0 Å². The predicted octanol–water partition coefficient (Wildman–Crippen LogP) is 4.77. The van der Waals surface area contributed by atoms with Crippen molar-refractivity contribution < 1.29 is 4.39 Å². The zero-order valence-electron chi connectivity index (χ0n) is 8.64. The van der Waals surface area contributed by atoms with Crippen molar-refractivity contribution in [3.05, 3.63) is 41.7 Å². The van der Waals surface area contributed by atoms with E-state index in [1.807, 2.05) is 51.1 Å². The number of allylic oxidation sites excluding steroid dienone is 1. The third kappa shape index (κ3) is 2.68. The molecule has 0 N–H and O–H groups in total. The number of hydrogen-bond acceptors (Lipinski definition) is 0. The molecule has 14 heavy (non-hydrogen) atoms. The minimum absolute atomic E-state index is 0.122. The molecule has 76 valence electrons. The average molecular weight is 257 g/mol. The molecule has 0 fully saturated rings. The van der Waals surface area contributed by atoms with E-state index in [1.54, 1.807) is 0 Å². The second-order valence-corrected chi connectivity index (χ2v) is 5.04. The zero-order chi connectivity index (χ0) is 10.8. The standard InChI is InChI=1S/C12H14BrF/c1-12(2,3)11(14)10(13)9-7-5-4-6-8-9/h4-8H,1-3H3/b11-10-. The van der Waals surface area contributed by atoms with Gasteiger partial charge in [0.15, 0.2) is 0 Å². The fourth-order valence-corrected chi connectivity index (χ4v) is 1.90. The molecule has 0 bridgehead atoms. The van der Waals surface area contributed by atoms with E-state index in [0.29, 0.717) is 4.48 Å². The normalized spacial score (nSPS) is 13.8. The Labute approximate surface area is 93.0 Å². The van der Waals surface area contributed by atoms with Crippen LogP contribution in [0.5, 0.6) is 0 Å². The molecule has 0 spiro atoms. The van der Waals surface area contributed by atoms with Gasteiger partial charge < -0.3 is 0 Å². The number of rotatable bonds is 1. The van der Waals surface area contributed by atoms with Crippen LogP contribution < -0.4 is 0 Å². The number of halogens is 2. The van der Waals surface area contributed by atoms with Crippen molar-refractivity contribution in [2.75, 3.05) is 0 Å². The Hall–Kier alpha value is -0.630. The van der Waals surface area contributed by atoms with Crippen LogP contribution in [0.25, 0.3) is 4.48 Å². The molecule has 0 aromatic heterocycles. The van der Waals surface area contributed by atoms with Crippen molar-refractivity contribution in [1.29, 1.82) is 0 Å². The smallest absolute Gasteiger partial charge is 0.120 e. The van der Waals surface area contributed by atoms with Crippen LogP contribution in [0.4, 0.5) is 4.39 Å². The fraction of sp³-hybridized carbons (Fsp3) is 0.333. The molecule has 1 aromatic carbocycles. The summed E-state index contributed by atoms with van der Waals surface area (Å²) in [4.78, 5) is 0. The number of hydrogen-bond donors (Lipinski definition) is 0. The summed E-state index contributed by atoms with van der Waals surface area (Å²) in [5, 5.41) is 0. The van der Waals surface area contributed by atoms with Crippen molar-refractivity contribution in [2.24, 2.45) is 5.41 Å². The van der Waals surface area contributed by atoms with E-state index in [4.69, 9.17) is 0 Å². The topological polar surface area (TPSA) is 0 Å². The molecule has 0 radical (unpaired) electrons. The highest BCUT2D eigenvalue weighted by Gasteiger charge is 2.20. The molecule has 2 heteroatoms. The molecule has 0 aliphatic rings. The Morgan fingerprint density at radius 2 is 1.64 bits per heavy atom. The lowest BCUT2D eigenvalue weighted by Gasteiger charge is -2.17. The quantitative estimate of drug-likeness (QED) is 0.680. The molecule has 0 amide bonds. The van der Waals surface area contributed by atoms with E-state index in [0.717, 1.165) is 5.56 Å². The molecule has 0 unspecified atom stereocenters. The maximum Gasteiger partial charge on any atom is 0.120 e. The van der Waals surface area contributed by atoms with Crippen LogP contribution >= 0.6 is 15.9 Å². The minimum atomic E-state index is -0.450. The van der Waals surface area contributed by atoms with Gasteiger partial charge in [-0.3, -0.25) is 0 Å². The lowest BCUT2D eigenvalue weighted by molar-refractivity contribution is 0.388. The monoisotopic (exact) mass is 256 g/mol. The molecule has 1 aromatic rings. The summed E-state index contributed by atoms with van der Waals surface area (Å²) < 4.78 is 14.4. The van der Waals surface area contributed by atoms with Crippen LogP contribution in [0, 0.1) is 5.41 Å². The first-order valence-corrected chi connectivity index (χ1v) is 5.33. The Morgan fingerprint density at radius 1 is 1.14 bits per heavy atom. The molecule has 0 saturated carbocycles. The van der Waals surface area contributed by atoms with Crippen molar-refractivity contribution >= 4 is 20.4 Å². The SMILES string of the molecule is CC(C)(C)/C(F)=C(/Br)c1ccccc1. The van der Waals surface area contributed by atoms with Gasteiger partial charge in [0.25, 0.3) is 0 Å². The Kier molecular flexibility index (Phi) is 3.48. The summed E-state index contributed by atoms with van der Waals surface area (Å²) in [6, 6.07) is 9.47. The van der Waals surface area contributed by atoms with Gasteiger partial charge in [0.1, 0.15) is 5.83 Å². The van der Waals surface area contributed by atoms with E-state index < -0.39 is 5.41 Å². The molecule has 1 rings (SSSR count). The highest BCUT2D eigenvalue weighted by molar-refractivity contribution is 9.15. The average Bonchev–Trinajstić information content (AvgIpc) is 2.15. The molecular formula is C12H14BrF. The number of benzene rings is 1. The molecular weight excluding hydrogens is 243 g/mol. The summed E-state index contributed by atoms with van der Waals surface area (Å²) in [6.45, 7) is 5.56. The van der Waals surface area contributed by atoms with Gasteiger partial charge in [-0.15, -0.1) is 0 Å². The van der Waals surface area contributed by atoms with E-state index in [-0.39, 0.29) is 5.83 Å². The fourth-order valence-electron chi connectivity index (χ4n) is 1.04. The largest absolute Gasteiger partial charge is 0.210 e. The van der Waals surface area contributed by atoms with Gasteiger partial charge in [0.2, 0.25) is 0 Å². The minimum Gasteiger partial charge on any atom is -0.210 e. The van der Waals surface area contributed by atoms with Gasteiger partial charge >= 0.3 is 0 Å². The second-order valence-electron chi connectivity index (χ2n) is 4.24. The Morgan fingerprint density at radius 3 is 2.07 bits per heavy atom. The Bertz CT molecular complexity index is 333. The van der Waals surface area contributed by atoms with Gasteiger partial charge in [0.05, 0.1) is 4.48 Å². The predicted molar refractivity (Wildman–Crippen MR) is 62.9 cm³/mol. The summed E-state index contributed by atoms with van der Waals surface area (Å²) in [7, 11) is 0. The van der Waals surface area contributed by atoms with Gasteiger partial charge in [0, 0.05) is 5.41 Å². The lowest BCUT2D eigenvalue weighted by atomic mass is 9.93.